The Hall–Kier alpha value is -3.80. The lowest BCUT2D eigenvalue weighted by atomic mass is 10.0. The number of benzene rings is 2. The van der Waals surface area contributed by atoms with Crippen LogP contribution in [-0.2, 0) is 22.7 Å². The van der Waals surface area contributed by atoms with E-state index in [1.54, 1.807) is 4.90 Å². The average Bonchev–Trinajstić information content (AvgIpc) is 3.83. The van der Waals surface area contributed by atoms with E-state index in [1.165, 1.54) is 24.2 Å². The number of aliphatic hydroxyl groups is 2. The Bertz CT molecular complexity index is 1580. The SMILES string of the molecule is Cc1nc2ccccc2n1Cc1csc(CNC(=O)C(O)[C@@H](O)C(=O)N2CCCC2c2cccc(N3CCCC3)c2)n1. The minimum atomic E-state index is -1.88. The number of imidazole rings is 1. The molecule has 3 N–H and O–H groups in total. The molecule has 2 aromatic heterocycles. The molecule has 220 valence electrons. The molecule has 0 aliphatic carbocycles. The fourth-order valence-electron chi connectivity index (χ4n) is 6.06. The lowest BCUT2D eigenvalue weighted by Crippen LogP contribution is -2.50. The van der Waals surface area contributed by atoms with E-state index in [-0.39, 0.29) is 12.6 Å². The number of amides is 2. The fourth-order valence-corrected chi connectivity index (χ4v) is 6.78. The van der Waals surface area contributed by atoms with Crippen molar-refractivity contribution in [3.63, 3.8) is 0 Å². The van der Waals surface area contributed by atoms with E-state index in [1.807, 2.05) is 48.7 Å². The van der Waals surface area contributed by atoms with E-state index >= 15 is 0 Å². The molecule has 0 spiro atoms. The van der Waals surface area contributed by atoms with Crippen molar-refractivity contribution in [1.29, 1.82) is 0 Å². The number of likely N-dealkylation sites (tertiary alicyclic amines) is 1. The van der Waals surface area contributed by atoms with Crippen LogP contribution in [0, 0.1) is 6.92 Å². The number of aromatic nitrogens is 3. The van der Waals surface area contributed by atoms with Gasteiger partial charge in [0.25, 0.3) is 11.8 Å². The molecule has 0 radical (unpaired) electrons. The van der Waals surface area contributed by atoms with Crippen LogP contribution in [0.2, 0.25) is 0 Å². The summed E-state index contributed by atoms with van der Waals surface area (Å²) in [5.41, 5.74) is 4.94. The van der Waals surface area contributed by atoms with Crippen molar-refractivity contribution in [2.24, 2.45) is 0 Å². The first kappa shape index (κ1) is 28.3. The van der Waals surface area contributed by atoms with Crippen LogP contribution in [0.1, 0.15) is 53.8 Å². The number of hydrogen-bond acceptors (Lipinski definition) is 8. The quantitative estimate of drug-likeness (QED) is 0.275. The number of carbonyl (C=O) groups excluding carboxylic acids is 2. The number of nitrogens with zero attached hydrogens (tertiary/aromatic N) is 5. The van der Waals surface area contributed by atoms with Crippen LogP contribution >= 0.6 is 11.3 Å². The van der Waals surface area contributed by atoms with Gasteiger partial charge in [-0.05, 0) is 62.4 Å². The predicted octanol–water partition coefficient (Wildman–Crippen LogP) is 3.15. The van der Waals surface area contributed by atoms with E-state index < -0.39 is 24.0 Å². The van der Waals surface area contributed by atoms with Gasteiger partial charge < -0.3 is 29.9 Å². The monoisotopic (exact) mass is 588 g/mol. The van der Waals surface area contributed by atoms with E-state index in [0.29, 0.717) is 18.1 Å². The second kappa shape index (κ2) is 12.2. The predicted molar refractivity (Wildman–Crippen MR) is 161 cm³/mol. The lowest BCUT2D eigenvalue weighted by Gasteiger charge is -2.29. The molecule has 6 rings (SSSR count). The second-order valence-corrected chi connectivity index (χ2v) is 12.0. The zero-order valence-electron chi connectivity index (χ0n) is 23.6. The number of rotatable bonds is 9. The molecule has 2 fully saturated rings. The summed E-state index contributed by atoms with van der Waals surface area (Å²) < 4.78 is 2.09. The molecule has 2 amide bonds. The molecular weight excluding hydrogens is 552 g/mol. The molecule has 2 aromatic carbocycles. The fraction of sp³-hybridized carbons (Fsp3) is 0.419. The second-order valence-electron chi connectivity index (χ2n) is 11.1. The van der Waals surface area contributed by atoms with Crippen LogP contribution in [0.5, 0.6) is 0 Å². The van der Waals surface area contributed by atoms with Gasteiger partial charge in [0.05, 0.1) is 35.9 Å². The molecular formula is C31H36N6O4S. The summed E-state index contributed by atoms with van der Waals surface area (Å²) in [6, 6.07) is 15.9. The summed E-state index contributed by atoms with van der Waals surface area (Å²) >= 11 is 1.40. The number of aliphatic hydroxyl groups excluding tert-OH is 2. The summed E-state index contributed by atoms with van der Waals surface area (Å²) in [5.74, 6) is -0.553. The summed E-state index contributed by atoms with van der Waals surface area (Å²) in [4.78, 5) is 39.2. The standard InChI is InChI=1S/C31H36N6O4S/c1-20-33-24-10-2-3-11-26(24)37(20)18-22-19-42-27(34-22)17-32-30(40)28(38)29(39)31(41)36-15-7-12-25(36)21-8-6-9-23(16-21)35-13-4-5-14-35/h2-3,6,8-11,16,19,25,28-29,38-39H,4-5,7,12-15,17-18H2,1H3,(H,32,40)/t25?,28?,29-/m1/s1. The number of aryl methyl sites for hydroxylation is 1. The van der Waals surface area contributed by atoms with Crippen molar-refractivity contribution in [2.75, 3.05) is 24.5 Å². The number of anilines is 1. The Balaban J connectivity index is 1.05. The Kier molecular flexibility index (Phi) is 8.23. The van der Waals surface area contributed by atoms with Crippen molar-refractivity contribution < 1.29 is 19.8 Å². The maximum Gasteiger partial charge on any atom is 0.255 e. The first-order chi connectivity index (χ1) is 20.4. The largest absolute Gasteiger partial charge is 0.380 e. The van der Waals surface area contributed by atoms with Gasteiger partial charge in [-0.3, -0.25) is 9.59 Å². The lowest BCUT2D eigenvalue weighted by molar-refractivity contribution is -0.153. The normalized spacial score (nSPS) is 18.5. The maximum absolute atomic E-state index is 13.3. The van der Waals surface area contributed by atoms with Gasteiger partial charge in [-0.25, -0.2) is 9.97 Å². The van der Waals surface area contributed by atoms with Crippen molar-refractivity contribution in [2.45, 2.75) is 63.9 Å². The van der Waals surface area contributed by atoms with Crippen LogP contribution in [0.4, 0.5) is 5.69 Å². The third-order valence-corrected chi connectivity index (χ3v) is 9.16. The molecule has 10 nitrogen and oxygen atoms in total. The minimum Gasteiger partial charge on any atom is -0.380 e. The van der Waals surface area contributed by atoms with Gasteiger partial charge in [0.1, 0.15) is 10.8 Å². The summed E-state index contributed by atoms with van der Waals surface area (Å²) in [5, 5.41) is 26.5. The highest BCUT2D eigenvalue weighted by molar-refractivity contribution is 7.09. The zero-order valence-corrected chi connectivity index (χ0v) is 24.5. The molecule has 0 bridgehead atoms. The van der Waals surface area contributed by atoms with Gasteiger partial charge in [0.2, 0.25) is 0 Å². The van der Waals surface area contributed by atoms with E-state index in [9.17, 15) is 19.8 Å². The zero-order chi connectivity index (χ0) is 29.2. The third kappa shape index (κ3) is 5.77. The average molecular weight is 589 g/mol. The molecule has 11 heteroatoms. The molecule has 2 aliphatic rings. The molecule has 2 unspecified atom stereocenters. The molecule has 2 aliphatic heterocycles. The van der Waals surface area contributed by atoms with E-state index in [0.717, 1.165) is 59.7 Å². The Morgan fingerprint density at radius 1 is 1.02 bits per heavy atom. The van der Waals surface area contributed by atoms with Gasteiger partial charge in [0, 0.05) is 30.7 Å². The van der Waals surface area contributed by atoms with Gasteiger partial charge in [-0.15, -0.1) is 11.3 Å². The Morgan fingerprint density at radius 2 is 1.83 bits per heavy atom. The summed E-state index contributed by atoms with van der Waals surface area (Å²) in [7, 11) is 0. The number of thiazole rings is 1. The summed E-state index contributed by atoms with van der Waals surface area (Å²) in [6.07, 6.45) is 0.185. The number of carbonyl (C=O) groups is 2. The Labute approximate surface area is 248 Å². The van der Waals surface area contributed by atoms with Crippen LogP contribution in [0.3, 0.4) is 0 Å². The number of fused-ring (bicyclic) bond motifs is 1. The van der Waals surface area contributed by atoms with Crippen LogP contribution in [0.15, 0.2) is 53.9 Å². The van der Waals surface area contributed by atoms with Gasteiger partial charge in [0.15, 0.2) is 12.2 Å². The highest BCUT2D eigenvalue weighted by Gasteiger charge is 2.38. The molecule has 0 saturated carbocycles. The van der Waals surface area contributed by atoms with Crippen molar-refractivity contribution >= 4 is 39.9 Å². The van der Waals surface area contributed by atoms with Crippen molar-refractivity contribution in [3.05, 3.63) is 76.0 Å². The number of nitrogens with one attached hydrogen (secondary N) is 1. The maximum atomic E-state index is 13.3. The smallest absolute Gasteiger partial charge is 0.255 e. The van der Waals surface area contributed by atoms with E-state index in [2.05, 4.69) is 36.9 Å². The number of hydrogen-bond donors (Lipinski definition) is 3. The topological polar surface area (TPSA) is 124 Å². The van der Waals surface area contributed by atoms with Crippen LogP contribution < -0.4 is 10.2 Å². The first-order valence-electron chi connectivity index (χ1n) is 14.5. The van der Waals surface area contributed by atoms with Crippen LogP contribution in [0.25, 0.3) is 11.0 Å². The van der Waals surface area contributed by atoms with Gasteiger partial charge in [-0.1, -0.05) is 24.3 Å². The molecule has 4 aromatic rings. The Morgan fingerprint density at radius 3 is 2.67 bits per heavy atom. The van der Waals surface area contributed by atoms with Gasteiger partial charge in [-0.2, -0.15) is 0 Å². The van der Waals surface area contributed by atoms with Crippen LogP contribution in [-0.4, -0.2) is 73.3 Å². The molecule has 42 heavy (non-hydrogen) atoms. The highest BCUT2D eigenvalue weighted by atomic mass is 32.1. The van der Waals surface area contributed by atoms with Crippen molar-refractivity contribution in [3.8, 4) is 0 Å². The first-order valence-corrected chi connectivity index (χ1v) is 15.4. The third-order valence-electron chi connectivity index (χ3n) is 8.26. The molecule has 2 saturated heterocycles. The molecule has 4 heterocycles. The minimum absolute atomic E-state index is 0.0841. The highest BCUT2D eigenvalue weighted by Crippen LogP contribution is 2.35. The van der Waals surface area contributed by atoms with Crippen molar-refractivity contribution in [1.82, 2.24) is 24.8 Å². The van der Waals surface area contributed by atoms with E-state index in [4.69, 9.17) is 0 Å². The number of para-hydroxylation sites is 2. The van der Waals surface area contributed by atoms with Gasteiger partial charge >= 0.3 is 0 Å². The molecule has 3 atom stereocenters. The summed E-state index contributed by atoms with van der Waals surface area (Å²) in [6.45, 7) is 5.11.